The topological polar surface area (TPSA) is 134 Å². The first-order valence-corrected chi connectivity index (χ1v) is 9.86. The Hall–Kier alpha value is -3.92. The molecule has 29 heavy (non-hydrogen) atoms. The van der Waals surface area contributed by atoms with Gasteiger partial charge in [0.25, 0.3) is 15.6 Å². The minimum atomic E-state index is -3.95. The Kier molecular flexibility index (Phi) is 4.61. The molecule has 0 unspecified atom stereocenters. The quantitative estimate of drug-likeness (QED) is 0.462. The van der Waals surface area contributed by atoms with Crippen LogP contribution in [0.5, 0.6) is 11.5 Å². The number of nitrogens with zero attached hydrogens (tertiary/aromatic N) is 1. The second kappa shape index (κ2) is 7.24. The van der Waals surface area contributed by atoms with Crippen molar-refractivity contribution in [2.75, 3.05) is 4.72 Å². The van der Waals surface area contributed by atoms with Crippen LogP contribution >= 0.6 is 0 Å². The lowest BCUT2D eigenvalue weighted by Crippen LogP contribution is -2.22. The molecule has 0 fully saturated rings. The first kappa shape index (κ1) is 18.4. The number of aromatic amines is 2. The van der Waals surface area contributed by atoms with Crippen LogP contribution in [0.3, 0.4) is 0 Å². The predicted molar refractivity (Wildman–Crippen MR) is 107 cm³/mol. The standard InChI is InChI=1S/C19H14N4O5S/c24-18-16-11-15(5-6-17(16)21-19(25)22-18)29(26,27)23-12-1-3-13(4-2-12)28-14-7-9-20-10-8-14/h1-11,23H,(H2,21,22,24,25). The molecule has 3 N–H and O–H groups in total. The molecular formula is C19H14N4O5S. The number of pyridine rings is 1. The summed E-state index contributed by atoms with van der Waals surface area (Å²) in [5.41, 5.74) is -0.762. The number of anilines is 1. The zero-order chi connectivity index (χ0) is 20.4. The number of rotatable bonds is 5. The number of fused-ring (bicyclic) bond motifs is 1. The molecule has 10 heteroatoms. The summed E-state index contributed by atoms with van der Waals surface area (Å²) in [4.78, 5) is 31.5. The van der Waals surface area contributed by atoms with Crippen LogP contribution in [0.2, 0.25) is 0 Å². The van der Waals surface area contributed by atoms with Gasteiger partial charge >= 0.3 is 5.69 Å². The number of H-pyrrole nitrogens is 2. The monoisotopic (exact) mass is 410 g/mol. The first-order valence-electron chi connectivity index (χ1n) is 8.38. The molecule has 0 bridgehead atoms. The molecule has 9 nitrogen and oxygen atoms in total. The van der Waals surface area contributed by atoms with Gasteiger partial charge in [-0.1, -0.05) is 0 Å². The normalized spacial score (nSPS) is 11.3. The third kappa shape index (κ3) is 4.01. The highest BCUT2D eigenvalue weighted by Crippen LogP contribution is 2.24. The smallest absolute Gasteiger partial charge is 0.326 e. The van der Waals surface area contributed by atoms with Crippen molar-refractivity contribution in [3.05, 3.63) is 87.8 Å². The van der Waals surface area contributed by atoms with E-state index in [9.17, 15) is 18.0 Å². The van der Waals surface area contributed by atoms with Gasteiger partial charge in [-0.2, -0.15) is 0 Å². The van der Waals surface area contributed by atoms with Crippen molar-refractivity contribution in [2.45, 2.75) is 4.90 Å². The van der Waals surface area contributed by atoms with Crippen LogP contribution in [-0.2, 0) is 10.0 Å². The van der Waals surface area contributed by atoms with Gasteiger partial charge in [0.2, 0.25) is 0 Å². The summed E-state index contributed by atoms with van der Waals surface area (Å²) in [5.74, 6) is 1.13. The summed E-state index contributed by atoms with van der Waals surface area (Å²) in [5, 5.41) is 0.0635. The maximum atomic E-state index is 12.7. The number of hydrogen-bond donors (Lipinski definition) is 3. The fraction of sp³-hybridized carbons (Fsp3) is 0. The zero-order valence-corrected chi connectivity index (χ0v) is 15.6. The number of ether oxygens (including phenoxy) is 1. The average molecular weight is 410 g/mol. The molecule has 0 aliphatic heterocycles. The van der Waals surface area contributed by atoms with E-state index in [0.717, 1.165) is 0 Å². The van der Waals surface area contributed by atoms with Gasteiger partial charge in [0.1, 0.15) is 11.5 Å². The van der Waals surface area contributed by atoms with Crippen molar-refractivity contribution in [1.29, 1.82) is 0 Å². The van der Waals surface area contributed by atoms with Crippen molar-refractivity contribution >= 4 is 26.6 Å². The van der Waals surface area contributed by atoms with Gasteiger partial charge in [0.05, 0.1) is 15.8 Å². The Morgan fingerprint density at radius 2 is 1.55 bits per heavy atom. The van der Waals surface area contributed by atoms with Gasteiger partial charge in [-0.3, -0.25) is 19.5 Å². The highest BCUT2D eigenvalue weighted by Gasteiger charge is 2.16. The Bertz CT molecular complexity index is 1390. The number of benzene rings is 2. The molecule has 0 atom stereocenters. The Morgan fingerprint density at radius 1 is 0.862 bits per heavy atom. The molecule has 146 valence electrons. The molecule has 0 spiro atoms. The molecule has 4 rings (SSSR count). The molecule has 0 saturated carbocycles. The lowest BCUT2D eigenvalue weighted by Gasteiger charge is -2.10. The zero-order valence-electron chi connectivity index (χ0n) is 14.7. The molecule has 0 aliphatic carbocycles. The van der Waals surface area contributed by atoms with Crippen LogP contribution in [-0.4, -0.2) is 23.4 Å². The van der Waals surface area contributed by atoms with Crippen LogP contribution in [0.15, 0.2) is 81.5 Å². The Balaban J connectivity index is 1.58. The van der Waals surface area contributed by atoms with E-state index in [1.54, 1.807) is 48.8 Å². The van der Waals surface area contributed by atoms with E-state index >= 15 is 0 Å². The van der Waals surface area contributed by atoms with Crippen molar-refractivity contribution in [3.63, 3.8) is 0 Å². The van der Waals surface area contributed by atoms with Crippen molar-refractivity contribution in [2.24, 2.45) is 0 Å². The van der Waals surface area contributed by atoms with Crippen LogP contribution in [0.25, 0.3) is 10.9 Å². The van der Waals surface area contributed by atoms with Crippen molar-refractivity contribution < 1.29 is 13.2 Å². The van der Waals surface area contributed by atoms with Gasteiger partial charge in [0.15, 0.2) is 0 Å². The summed E-state index contributed by atoms with van der Waals surface area (Å²) < 4.78 is 33.4. The molecule has 4 aromatic rings. The number of hydrogen-bond acceptors (Lipinski definition) is 6. The predicted octanol–water partition coefficient (Wildman–Crippen LogP) is 2.20. The van der Waals surface area contributed by atoms with Gasteiger partial charge in [-0.15, -0.1) is 0 Å². The molecule has 2 heterocycles. The molecule has 2 aromatic carbocycles. The summed E-state index contributed by atoms with van der Waals surface area (Å²) in [6, 6.07) is 13.6. The van der Waals surface area contributed by atoms with Crippen LogP contribution < -0.4 is 20.7 Å². The molecule has 0 aliphatic rings. The van der Waals surface area contributed by atoms with E-state index in [-0.39, 0.29) is 15.8 Å². The molecule has 2 aromatic heterocycles. The average Bonchev–Trinajstić information content (AvgIpc) is 2.70. The molecular weight excluding hydrogens is 396 g/mol. The van der Waals surface area contributed by atoms with Crippen molar-refractivity contribution in [1.82, 2.24) is 15.0 Å². The third-order valence-corrected chi connectivity index (χ3v) is 5.39. The lowest BCUT2D eigenvalue weighted by atomic mass is 10.2. The summed E-state index contributed by atoms with van der Waals surface area (Å²) in [7, 11) is -3.95. The highest BCUT2D eigenvalue weighted by molar-refractivity contribution is 7.92. The highest BCUT2D eigenvalue weighted by atomic mass is 32.2. The number of sulfonamides is 1. The second-order valence-electron chi connectivity index (χ2n) is 6.03. The maximum absolute atomic E-state index is 12.7. The second-order valence-corrected chi connectivity index (χ2v) is 7.71. The van der Waals surface area contributed by atoms with Gasteiger partial charge in [-0.05, 0) is 54.6 Å². The van der Waals surface area contributed by atoms with Crippen LogP contribution in [0, 0.1) is 0 Å². The minimum absolute atomic E-state index is 0.0635. The van der Waals surface area contributed by atoms with E-state index in [1.807, 2.05) is 0 Å². The lowest BCUT2D eigenvalue weighted by molar-refractivity contribution is 0.482. The minimum Gasteiger partial charge on any atom is -0.457 e. The summed E-state index contributed by atoms with van der Waals surface area (Å²) >= 11 is 0. The largest absolute Gasteiger partial charge is 0.457 e. The van der Waals surface area contributed by atoms with Gasteiger partial charge in [0, 0.05) is 18.1 Å². The fourth-order valence-electron chi connectivity index (χ4n) is 2.66. The third-order valence-electron chi connectivity index (χ3n) is 4.01. The van der Waals surface area contributed by atoms with E-state index < -0.39 is 21.3 Å². The fourth-order valence-corrected chi connectivity index (χ4v) is 3.74. The summed E-state index contributed by atoms with van der Waals surface area (Å²) in [6.07, 6.45) is 3.20. The van der Waals surface area contributed by atoms with E-state index in [2.05, 4.69) is 19.7 Å². The van der Waals surface area contributed by atoms with Crippen LogP contribution in [0.4, 0.5) is 5.69 Å². The maximum Gasteiger partial charge on any atom is 0.326 e. The van der Waals surface area contributed by atoms with E-state index in [4.69, 9.17) is 4.74 Å². The van der Waals surface area contributed by atoms with Gasteiger partial charge < -0.3 is 9.72 Å². The number of aromatic nitrogens is 3. The molecule has 0 radical (unpaired) electrons. The first-order chi connectivity index (χ1) is 13.9. The van der Waals surface area contributed by atoms with E-state index in [0.29, 0.717) is 17.2 Å². The summed E-state index contributed by atoms with van der Waals surface area (Å²) in [6.45, 7) is 0. The van der Waals surface area contributed by atoms with Gasteiger partial charge in [-0.25, -0.2) is 13.2 Å². The Morgan fingerprint density at radius 3 is 2.28 bits per heavy atom. The Labute approximate surface area is 164 Å². The van der Waals surface area contributed by atoms with E-state index in [1.165, 1.54) is 18.2 Å². The molecule has 0 amide bonds. The number of nitrogens with one attached hydrogen (secondary N) is 3. The van der Waals surface area contributed by atoms with Crippen LogP contribution in [0.1, 0.15) is 0 Å². The SMILES string of the molecule is O=c1[nH]c(=O)c2cc(S(=O)(=O)Nc3ccc(Oc4ccncc4)cc3)ccc2[nH]1. The van der Waals surface area contributed by atoms with Crippen molar-refractivity contribution in [3.8, 4) is 11.5 Å². The molecule has 0 saturated heterocycles.